The Morgan fingerprint density at radius 3 is 2.81 bits per heavy atom. The predicted octanol–water partition coefficient (Wildman–Crippen LogP) is 2.48. The maximum atomic E-state index is 13.1. The lowest BCUT2D eigenvalue weighted by Gasteiger charge is -2.17. The third-order valence-electron chi connectivity index (χ3n) is 5.56. The Morgan fingerprint density at radius 1 is 1.33 bits per heavy atom. The highest BCUT2D eigenvalue weighted by atomic mass is 16.2. The van der Waals surface area contributed by atoms with E-state index in [1.807, 2.05) is 6.92 Å². The number of amides is 1. The van der Waals surface area contributed by atoms with Crippen molar-refractivity contribution in [1.82, 2.24) is 19.9 Å². The van der Waals surface area contributed by atoms with E-state index >= 15 is 0 Å². The summed E-state index contributed by atoms with van der Waals surface area (Å²) in [5, 5.41) is 5.96. The lowest BCUT2D eigenvalue weighted by molar-refractivity contribution is 0.0953. The minimum Gasteiger partial charge on any atom is -0.384 e. The number of carbonyl (C=O) groups excluding carboxylic acids is 1. The minimum atomic E-state index is -0.307. The zero-order valence-corrected chi connectivity index (χ0v) is 15.6. The molecule has 0 saturated heterocycles. The maximum absolute atomic E-state index is 13.1. The number of pyridine rings is 1. The summed E-state index contributed by atoms with van der Waals surface area (Å²) in [5.74, 6) is 0.564. The van der Waals surface area contributed by atoms with E-state index in [-0.39, 0.29) is 17.6 Å². The predicted molar refractivity (Wildman–Crippen MR) is 103 cm³/mol. The fraction of sp³-hybridized carbons (Fsp3) is 0.474. The third kappa shape index (κ3) is 3.39. The molecule has 2 aliphatic rings. The van der Waals surface area contributed by atoms with E-state index in [0.717, 1.165) is 24.8 Å². The highest BCUT2D eigenvalue weighted by Gasteiger charge is 2.37. The van der Waals surface area contributed by atoms with Crippen molar-refractivity contribution in [2.45, 2.75) is 52.1 Å². The molecule has 0 spiro atoms. The second kappa shape index (κ2) is 6.37. The minimum absolute atomic E-state index is 0.190. The standard InChI is InChI=1S/C19H24N6O2/c1-11-8-12(23-14-9-13(20)21-10-22-14)18(27)25-15(24-17(26)16(11)25)4-3-5-19(2)6-7-19/h8-10,15H,3-7H2,1-2H3,(H,24,26)(H3,20,21,22,23)/t15-/m1/s1. The van der Waals surface area contributed by atoms with Crippen molar-refractivity contribution >= 4 is 23.2 Å². The van der Waals surface area contributed by atoms with Crippen LogP contribution in [0, 0.1) is 12.3 Å². The van der Waals surface area contributed by atoms with Crippen LogP contribution >= 0.6 is 0 Å². The van der Waals surface area contributed by atoms with Crippen LogP contribution < -0.4 is 21.9 Å². The van der Waals surface area contributed by atoms with Crippen LogP contribution in [-0.4, -0.2) is 20.4 Å². The van der Waals surface area contributed by atoms with Crippen LogP contribution in [0.4, 0.5) is 17.3 Å². The number of aryl methyl sites for hydroxylation is 1. The first-order chi connectivity index (χ1) is 12.9. The number of hydrogen-bond acceptors (Lipinski definition) is 6. The van der Waals surface area contributed by atoms with E-state index in [1.165, 1.54) is 19.2 Å². The SMILES string of the molecule is Cc1cc(Nc2cc(N)ncn2)c(=O)n2c1C(=O)N[C@H]2CCCC1(C)CC1. The molecule has 0 unspecified atom stereocenters. The number of rotatable bonds is 6. The van der Waals surface area contributed by atoms with Crippen LogP contribution in [0.15, 0.2) is 23.3 Å². The van der Waals surface area contributed by atoms with Crippen molar-refractivity contribution in [1.29, 1.82) is 0 Å². The van der Waals surface area contributed by atoms with Gasteiger partial charge in [-0.05, 0) is 56.1 Å². The Morgan fingerprint density at radius 2 is 2.11 bits per heavy atom. The maximum Gasteiger partial charge on any atom is 0.276 e. The van der Waals surface area contributed by atoms with Gasteiger partial charge in [0, 0.05) is 6.07 Å². The molecule has 8 heteroatoms. The van der Waals surface area contributed by atoms with Crippen LogP contribution in [-0.2, 0) is 0 Å². The number of nitrogens with zero attached hydrogens (tertiary/aromatic N) is 3. The second-order valence-corrected chi connectivity index (χ2v) is 7.91. The van der Waals surface area contributed by atoms with E-state index in [1.54, 1.807) is 16.7 Å². The third-order valence-corrected chi connectivity index (χ3v) is 5.56. The summed E-state index contributed by atoms with van der Waals surface area (Å²) in [6.45, 7) is 4.12. The number of hydrogen-bond donors (Lipinski definition) is 3. The van der Waals surface area contributed by atoms with Gasteiger partial charge >= 0.3 is 0 Å². The zero-order chi connectivity index (χ0) is 19.2. The van der Waals surface area contributed by atoms with Gasteiger partial charge in [-0.25, -0.2) is 9.97 Å². The number of fused-ring (bicyclic) bond motifs is 1. The molecule has 1 aliphatic heterocycles. The molecule has 0 radical (unpaired) electrons. The number of carbonyl (C=O) groups is 1. The molecule has 27 heavy (non-hydrogen) atoms. The van der Waals surface area contributed by atoms with Gasteiger partial charge < -0.3 is 16.4 Å². The highest BCUT2D eigenvalue weighted by molar-refractivity contribution is 5.96. The van der Waals surface area contributed by atoms with Crippen molar-refractivity contribution < 1.29 is 4.79 Å². The normalized spacial score (nSPS) is 19.5. The fourth-order valence-corrected chi connectivity index (χ4v) is 3.69. The van der Waals surface area contributed by atoms with Crippen molar-refractivity contribution in [2.24, 2.45) is 5.41 Å². The summed E-state index contributed by atoms with van der Waals surface area (Å²) in [6, 6.07) is 3.24. The smallest absolute Gasteiger partial charge is 0.276 e. The Hall–Kier alpha value is -2.90. The van der Waals surface area contributed by atoms with E-state index < -0.39 is 0 Å². The Balaban J connectivity index is 1.62. The van der Waals surface area contributed by atoms with Gasteiger partial charge in [0.05, 0.1) is 0 Å². The quantitative estimate of drug-likeness (QED) is 0.721. The lowest BCUT2D eigenvalue weighted by atomic mass is 10.0. The van der Waals surface area contributed by atoms with Crippen LogP contribution in [0.2, 0.25) is 0 Å². The second-order valence-electron chi connectivity index (χ2n) is 7.91. The van der Waals surface area contributed by atoms with Gasteiger partial charge in [-0.2, -0.15) is 0 Å². The van der Waals surface area contributed by atoms with E-state index in [9.17, 15) is 9.59 Å². The largest absolute Gasteiger partial charge is 0.384 e. The molecule has 3 heterocycles. The van der Waals surface area contributed by atoms with Gasteiger partial charge in [0.25, 0.3) is 11.5 Å². The van der Waals surface area contributed by atoms with E-state index in [2.05, 4.69) is 27.5 Å². The molecule has 4 rings (SSSR count). The zero-order valence-electron chi connectivity index (χ0n) is 15.6. The lowest BCUT2D eigenvalue weighted by Crippen LogP contribution is -2.29. The summed E-state index contributed by atoms with van der Waals surface area (Å²) in [5.41, 5.74) is 7.45. The molecule has 1 fully saturated rings. The molecule has 1 amide bonds. The van der Waals surface area contributed by atoms with Crippen LogP contribution in [0.3, 0.4) is 0 Å². The van der Waals surface area contributed by atoms with Gasteiger partial charge in [0.2, 0.25) is 0 Å². The molecule has 4 N–H and O–H groups in total. The van der Waals surface area contributed by atoms with Gasteiger partial charge in [-0.15, -0.1) is 0 Å². The number of anilines is 3. The molecule has 1 saturated carbocycles. The summed E-state index contributed by atoms with van der Waals surface area (Å²) in [7, 11) is 0. The Kier molecular flexibility index (Phi) is 4.13. The van der Waals surface area contributed by atoms with Crippen LogP contribution in [0.5, 0.6) is 0 Å². The van der Waals surface area contributed by atoms with Crippen LogP contribution in [0.25, 0.3) is 0 Å². The molecule has 1 aliphatic carbocycles. The van der Waals surface area contributed by atoms with Crippen LogP contribution in [0.1, 0.15) is 61.2 Å². The summed E-state index contributed by atoms with van der Waals surface area (Å²) >= 11 is 0. The molecule has 2 aromatic rings. The van der Waals surface area contributed by atoms with Gasteiger partial charge in [-0.1, -0.05) is 6.92 Å². The molecule has 8 nitrogen and oxygen atoms in total. The summed E-state index contributed by atoms with van der Waals surface area (Å²) < 4.78 is 1.58. The molecule has 142 valence electrons. The molecular weight excluding hydrogens is 344 g/mol. The summed E-state index contributed by atoms with van der Waals surface area (Å²) in [4.78, 5) is 33.4. The molecular formula is C19H24N6O2. The average molecular weight is 368 g/mol. The molecule has 1 atom stereocenters. The Labute approximate surface area is 157 Å². The average Bonchev–Trinajstić information content (AvgIpc) is 3.24. The number of nitrogens with one attached hydrogen (secondary N) is 2. The first-order valence-electron chi connectivity index (χ1n) is 9.28. The molecule has 0 aromatic carbocycles. The summed E-state index contributed by atoms with van der Waals surface area (Å²) in [6.07, 6.45) is 6.43. The first kappa shape index (κ1) is 17.5. The first-order valence-corrected chi connectivity index (χ1v) is 9.28. The number of aromatic nitrogens is 3. The van der Waals surface area contributed by atoms with E-state index in [0.29, 0.717) is 28.4 Å². The van der Waals surface area contributed by atoms with Gasteiger partial charge in [-0.3, -0.25) is 14.2 Å². The van der Waals surface area contributed by atoms with Crippen molar-refractivity contribution in [3.8, 4) is 0 Å². The van der Waals surface area contributed by atoms with Crippen molar-refractivity contribution in [2.75, 3.05) is 11.1 Å². The van der Waals surface area contributed by atoms with Crippen molar-refractivity contribution in [3.63, 3.8) is 0 Å². The fourth-order valence-electron chi connectivity index (χ4n) is 3.69. The number of nitrogens with two attached hydrogens (primary N) is 1. The highest BCUT2D eigenvalue weighted by Crippen LogP contribution is 2.49. The Bertz CT molecular complexity index is 963. The van der Waals surface area contributed by atoms with E-state index in [4.69, 9.17) is 5.73 Å². The van der Waals surface area contributed by atoms with Gasteiger partial charge in [0.1, 0.15) is 35.5 Å². The number of nitrogen functional groups attached to an aromatic ring is 1. The van der Waals surface area contributed by atoms with Crippen molar-refractivity contribution in [3.05, 3.63) is 40.1 Å². The topological polar surface area (TPSA) is 115 Å². The van der Waals surface area contributed by atoms with Gasteiger partial charge in [0.15, 0.2) is 0 Å². The molecule has 2 aromatic heterocycles. The molecule has 0 bridgehead atoms. The monoisotopic (exact) mass is 368 g/mol.